The molecule has 4 fully saturated rings. The number of amides is 5. The van der Waals surface area contributed by atoms with E-state index in [1.165, 1.54) is 6.20 Å². The topological polar surface area (TPSA) is 379 Å². The van der Waals surface area contributed by atoms with Gasteiger partial charge in [0.1, 0.15) is 16.7 Å². The fraction of sp³-hybridized carbons (Fsp3) is 0.309. The molecule has 0 unspecified atom stereocenters. The molecular formula is C55H58F3N23O7S. The maximum absolute atomic E-state index is 13.4. The van der Waals surface area contributed by atoms with Crippen molar-refractivity contribution in [1.82, 2.24) is 68.5 Å². The van der Waals surface area contributed by atoms with Gasteiger partial charge >= 0.3 is 0 Å². The molecule has 4 saturated heterocycles. The molecule has 0 spiro atoms. The van der Waals surface area contributed by atoms with E-state index in [1.54, 1.807) is 48.9 Å². The van der Waals surface area contributed by atoms with Crippen LogP contribution in [0.3, 0.4) is 0 Å². The second-order valence-electron chi connectivity index (χ2n) is 21.2. The molecule has 9 aromatic heterocycles. The Morgan fingerprint density at radius 3 is 1.47 bits per heavy atom. The van der Waals surface area contributed by atoms with E-state index in [2.05, 4.69) is 71.0 Å². The molecule has 0 saturated carbocycles. The molecule has 30 nitrogen and oxygen atoms in total. The van der Waals surface area contributed by atoms with E-state index in [1.807, 2.05) is 23.6 Å². The lowest BCUT2D eigenvalue weighted by atomic mass is 10.1. The minimum atomic E-state index is -3.04. The smallest absolute Gasteiger partial charge is 0.263 e. The number of carbonyl (C=O) groups excluding carboxylic acids is 5. The maximum Gasteiger partial charge on any atom is 0.263 e. The Labute approximate surface area is 503 Å². The van der Waals surface area contributed by atoms with Crippen molar-refractivity contribution in [3.05, 3.63) is 126 Å². The van der Waals surface area contributed by atoms with Gasteiger partial charge in [-0.3, -0.25) is 38.9 Å². The van der Waals surface area contributed by atoms with Crippen molar-refractivity contribution in [3.63, 3.8) is 0 Å². The van der Waals surface area contributed by atoms with Crippen LogP contribution >= 0.6 is 0 Å². The van der Waals surface area contributed by atoms with E-state index < -0.39 is 45.0 Å². The number of nitrogens with zero attached hydrogens (tertiary/aromatic N) is 17. The molecule has 0 aromatic carbocycles. The Bertz CT molecular complexity index is 4390. The summed E-state index contributed by atoms with van der Waals surface area (Å²) in [4.78, 5) is 96.6. The number of aryl methyl sites for hydroxylation is 2. The summed E-state index contributed by atoms with van der Waals surface area (Å²) >= 11 is 0. The summed E-state index contributed by atoms with van der Waals surface area (Å²) in [5.41, 5.74) is 23.8. The Morgan fingerprint density at radius 1 is 0.562 bits per heavy atom. The minimum absolute atomic E-state index is 0.0102. The number of piperazine rings is 2. The van der Waals surface area contributed by atoms with Crippen molar-refractivity contribution in [2.24, 2.45) is 0 Å². The fourth-order valence-corrected chi connectivity index (χ4v) is 12.4. The van der Waals surface area contributed by atoms with E-state index in [4.69, 9.17) is 17.2 Å². The number of rotatable bonds is 9. The van der Waals surface area contributed by atoms with Crippen LogP contribution in [0, 0.1) is 31.3 Å². The number of nitrogens with one attached hydrogen (secondary N) is 3. The number of hydrogen-bond donors (Lipinski definition) is 6. The Morgan fingerprint density at radius 2 is 1.00 bits per heavy atom. The number of nitrogen functional groups attached to an aromatic ring is 3. The second kappa shape index (κ2) is 24.5. The molecule has 34 heteroatoms. The summed E-state index contributed by atoms with van der Waals surface area (Å²) in [6.07, 6.45) is 17.3. The third kappa shape index (κ3) is 12.5. The van der Waals surface area contributed by atoms with Gasteiger partial charge in [-0.15, -0.1) is 15.3 Å². The van der Waals surface area contributed by atoms with Crippen LogP contribution in [-0.2, 0) is 19.4 Å². The third-order valence-corrected chi connectivity index (χ3v) is 17.0. The average Bonchev–Trinajstić information content (AvgIpc) is 1.81. The molecule has 13 heterocycles. The summed E-state index contributed by atoms with van der Waals surface area (Å²) in [6.45, 7) is 10.5. The fourth-order valence-electron chi connectivity index (χ4n) is 11.2. The molecule has 5 amide bonds. The molecule has 1 atom stereocenters. The largest absolute Gasteiger partial charge is 0.381 e. The number of nitrogens with two attached hydrogens (primary N) is 3. The van der Waals surface area contributed by atoms with Gasteiger partial charge in [-0.25, -0.2) is 50.1 Å². The van der Waals surface area contributed by atoms with Gasteiger partial charge in [-0.1, -0.05) is 0 Å². The molecule has 0 radical (unpaired) electrons. The van der Waals surface area contributed by atoms with Gasteiger partial charge in [0, 0.05) is 96.9 Å². The van der Waals surface area contributed by atoms with Crippen molar-refractivity contribution in [3.8, 4) is 0 Å². The first-order chi connectivity index (χ1) is 42.6. The van der Waals surface area contributed by atoms with Crippen molar-refractivity contribution < 1.29 is 45.6 Å². The number of hydrogen-bond acceptors (Lipinski definition) is 22. The lowest BCUT2D eigenvalue weighted by molar-refractivity contribution is -0.130. The van der Waals surface area contributed by atoms with Gasteiger partial charge in [-0.2, -0.15) is 0 Å². The van der Waals surface area contributed by atoms with Crippen molar-refractivity contribution in [1.29, 1.82) is 0 Å². The molecule has 462 valence electrons. The zero-order valence-corrected chi connectivity index (χ0v) is 48.8. The molecule has 9 N–H and O–H groups in total. The van der Waals surface area contributed by atoms with Crippen LogP contribution in [0.4, 0.5) is 64.7 Å². The number of sulfone groups is 1. The summed E-state index contributed by atoms with van der Waals surface area (Å²) in [6, 6.07) is 1.87. The van der Waals surface area contributed by atoms with Crippen LogP contribution in [0.2, 0.25) is 0 Å². The first-order valence-electron chi connectivity index (χ1n) is 27.8. The van der Waals surface area contributed by atoms with E-state index in [0.717, 1.165) is 79.6 Å². The van der Waals surface area contributed by atoms with Crippen LogP contribution in [0.1, 0.15) is 62.0 Å². The summed E-state index contributed by atoms with van der Waals surface area (Å²) in [7, 11) is -3.04. The van der Waals surface area contributed by atoms with Crippen LogP contribution < -0.4 is 47.9 Å². The molecule has 0 aliphatic carbocycles. The van der Waals surface area contributed by atoms with Gasteiger partial charge in [0.2, 0.25) is 11.8 Å². The summed E-state index contributed by atoms with van der Waals surface area (Å²) < 4.78 is 66.9. The van der Waals surface area contributed by atoms with Crippen molar-refractivity contribution >= 4 is 108 Å². The molecule has 4 aliphatic rings. The van der Waals surface area contributed by atoms with E-state index >= 15 is 0 Å². The highest BCUT2D eigenvalue weighted by atomic mass is 32.2. The monoisotopic (exact) mass is 1240 g/mol. The van der Waals surface area contributed by atoms with Crippen LogP contribution in [0.15, 0.2) is 80.4 Å². The zero-order chi connectivity index (χ0) is 63.0. The predicted molar refractivity (Wildman–Crippen MR) is 320 cm³/mol. The zero-order valence-electron chi connectivity index (χ0n) is 48.0. The van der Waals surface area contributed by atoms with Crippen LogP contribution in [-0.4, -0.2) is 183 Å². The van der Waals surface area contributed by atoms with Crippen molar-refractivity contribution in [2.45, 2.75) is 39.7 Å². The Balaban J connectivity index is 0.000000138. The normalized spacial score (nSPS) is 16.4. The first-order valence-corrected chi connectivity index (χ1v) is 29.6. The average molecular weight is 1240 g/mol. The lowest BCUT2D eigenvalue weighted by Crippen LogP contribution is -2.51. The number of carbonyl (C=O) groups is 5. The number of pyridine rings is 3. The molecule has 4 aliphatic heterocycles. The first kappa shape index (κ1) is 59.9. The maximum atomic E-state index is 13.4. The highest BCUT2D eigenvalue weighted by Gasteiger charge is 2.37. The summed E-state index contributed by atoms with van der Waals surface area (Å²) in [5.74, 6) is -3.25. The lowest BCUT2D eigenvalue weighted by Gasteiger charge is -2.40. The third-order valence-electron chi connectivity index (χ3n) is 15.4. The molecule has 0 bridgehead atoms. The molecule has 9 aromatic rings. The standard InChI is InChI=1S/C20H21FN8O2.C19H21FN8O2.C16H16FN7O3S/c1-11-6-23-8-14(17(11)27-4-5-28-13(10-27)2-3-15(28)30)25-20(31)16-18(22)26-29-9-12(21)7-24-19(16)29;1-11-7-22-9-14(16(11)27-5-3-26(4-6-27)12(2)29)24-19(30)15-17(21)25-28-10-13(20)8-23-18(15)28;17-10-7-20-15-13(14(18)22-24(15)9-10)16(25)21-11-8-19-2-1-12(11)23-3-5-28(26,27)6-4-23/h6-9,13H,2-5,10H2,1H3,(H2,22,26)(H,25,31);7-10H,3-6H2,1-2H3,(H2,21,25)(H,24,30);1-2,7-9H,3-6H2,(H2,18,22)(H,21,25)/t13-;;/m1../s1. The van der Waals surface area contributed by atoms with Gasteiger partial charge < -0.3 is 57.7 Å². The van der Waals surface area contributed by atoms with E-state index in [-0.39, 0.29) is 80.4 Å². The number of fused-ring (bicyclic) bond motifs is 4. The quantitative estimate of drug-likeness (QED) is 0.121. The Kier molecular flexibility index (Phi) is 16.5. The number of aromatic nitrogens is 12. The van der Waals surface area contributed by atoms with Crippen LogP contribution in [0.25, 0.3) is 16.9 Å². The van der Waals surface area contributed by atoms with E-state index in [0.29, 0.717) is 88.1 Å². The van der Waals surface area contributed by atoms with Gasteiger partial charge in [-0.05, 0) is 37.5 Å². The summed E-state index contributed by atoms with van der Waals surface area (Å²) in [5, 5.41) is 20.3. The highest BCUT2D eigenvalue weighted by Crippen LogP contribution is 2.35. The Hall–Kier alpha value is -10.8. The van der Waals surface area contributed by atoms with Crippen molar-refractivity contribution in [2.75, 3.05) is 118 Å². The number of halogens is 3. The van der Waals surface area contributed by atoms with E-state index in [9.17, 15) is 45.6 Å². The second-order valence-corrected chi connectivity index (χ2v) is 23.5. The number of anilines is 9. The molecular weight excluding hydrogens is 1180 g/mol. The highest BCUT2D eigenvalue weighted by molar-refractivity contribution is 7.91. The molecule has 89 heavy (non-hydrogen) atoms. The SMILES string of the molecule is CC(=O)N1CCN(c2c(C)cncc2NC(=O)c2c(N)nn3cc(F)cnc23)CC1.Cc1cncc(NC(=O)c2c(N)nn3cc(F)cnc23)c1N1CCN2C(=O)CC[C@@H]2C1.Nc1nn2cc(F)cnc2c1C(=O)Nc1cnccc1N1CCS(=O)(=O)CC1. The predicted octanol–water partition coefficient (Wildman–Crippen LogP) is 2.62. The van der Waals surface area contributed by atoms with Gasteiger partial charge in [0.15, 0.2) is 61.7 Å². The molecule has 13 rings (SSSR count). The van der Waals surface area contributed by atoms with Crippen LogP contribution in [0.5, 0.6) is 0 Å². The van der Waals surface area contributed by atoms with Gasteiger partial charge in [0.25, 0.3) is 17.7 Å². The van der Waals surface area contributed by atoms with Gasteiger partial charge in [0.05, 0.1) is 101 Å². The minimum Gasteiger partial charge on any atom is -0.381 e.